The molecule has 320 valence electrons. The Labute approximate surface area is 337 Å². The van der Waals surface area contributed by atoms with E-state index < -0.39 is 0 Å². The van der Waals surface area contributed by atoms with Gasteiger partial charge < -0.3 is 19.3 Å². The normalized spacial score (nSPS) is 15.0. The minimum absolute atomic E-state index is 0.0780. The summed E-state index contributed by atoms with van der Waals surface area (Å²) in [6.07, 6.45) is 38.5. The highest BCUT2D eigenvalue weighted by Crippen LogP contribution is 2.22. The highest BCUT2D eigenvalue weighted by Gasteiger charge is 2.21. The van der Waals surface area contributed by atoms with E-state index >= 15 is 0 Å². The highest BCUT2D eigenvalue weighted by molar-refractivity contribution is 5.72. The number of ether oxygens (including phenoxy) is 2. The first-order valence-electron chi connectivity index (χ1n) is 24.3. The molecule has 0 amide bonds. The molecule has 0 saturated carbocycles. The Hall–Kier alpha value is -1.14. The van der Waals surface area contributed by atoms with Gasteiger partial charge in [-0.15, -0.1) is 0 Å². The van der Waals surface area contributed by atoms with E-state index in [1.807, 2.05) is 0 Å². The summed E-state index contributed by atoms with van der Waals surface area (Å²) in [6.45, 7) is 17.4. The Morgan fingerprint density at radius 3 is 0.963 bits per heavy atom. The summed E-state index contributed by atoms with van der Waals surface area (Å²) < 4.78 is 11.6. The molecule has 2 atom stereocenters. The average molecular weight is 763 g/mol. The molecule has 2 unspecified atom stereocenters. The highest BCUT2D eigenvalue weighted by atomic mass is 16.5. The van der Waals surface area contributed by atoms with Gasteiger partial charge in [-0.25, -0.2) is 0 Å². The van der Waals surface area contributed by atoms with Crippen LogP contribution in [0.3, 0.4) is 0 Å². The molecule has 0 aromatic heterocycles. The maximum absolute atomic E-state index is 12.9. The van der Waals surface area contributed by atoms with Gasteiger partial charge >= 0.3 is 11.9 Å². The molecule has 6 nitrogen and oxygen atoms in total. The van der Waals surface area contributed by atoms with Crippen LogP contribution in [0.2, 0.25) is 0 Å². The fraction of sp³-hybridized carbons (Fsp3) is 0.958. The number of hydrogen-bond acceptors (Lipinski definition) is 6. The first-order valence-corrected chi connectivity index (χ1v) is 24.3. The molecule has 6 heteroatoms. The minimum Gasteiger partial charge on any atom is -0.465 e. The third-order valence-corrected chi connectivity index (χ3v) is 12.0. The van der Waals surface area contributed by atoms with Crippen molar-refractivity contribution in [2.75, 3.05) is 52.5 Å². The quantitative estimate of drug-likeness (QED) is 0.0458. The number of nitrogens with zero attached hydrogens (tertiary/aromatic N) is 2. The number of unbranched alkanes of at least 4 members (excludes halogenated alkanes) is 22. The Bertz CT molecular complexity index is 749. The molecular formula is C48H94N2O4. The second kappa shape index (κ2) is 38.7. The summed E-state index contributed by atoms with van der Waals surface area (Å²) in [5.41, 5.74) is 0. The van der Waals surface area contributed by atoms with Gasteiger partial charge in [-0.2, -0.15) is 0 Å². The lowest BCUT2D eigenvalue weighted by atomic mass is 9.94. The Balaban J connectivity index is 2.10. The van der Waals surface area contributed by atoms with Crippen molar-refractivity contribution in [2.24, 2.45) is 11.8 Å². The topological polar surface area (TPSA) is 59.1 Å². The van der Waals surface area contributed by atoms with Crippen molar-refractivity contribution in [1.82, 2.24) is 9.80 Å². The second-order valence-electron chi connectivity index (χ2n) is 17.1. The zero-order valence-corrected chi connectivity index (χ0v) is 37.0. The fourth-order valence-electron chi connectivity index (χ4n) is 8.14. The smallest absolute Gasteiger partial charge is 0.308 e. The molecule has 1 aliphatic heterocycles. The van der Waals surface area contributed by atoms with Crippen LogP contribution < -0.4 is 0 Å². The van der Waals surface area contributed by atoms with Gasteiger partial charge in [-0.05, 0) is 64.5 Å². The minimum atomic E-state index is 0.0780. The van der Waals surface area contributed by atoms with Crippen LogP contribution in [0, 0.1) is 11.8 Å². The van der Waals surface area contributed by atoms with Crippen molar-refractivity contribution in [1.29, 1.82) is 0 Å². The monoisotopic (exact) mass is 763 g/mol. The summed E-state index contributed by atoms with van der Waals surface area (Å²) in [6, 6.07) is 0. The lowest BCUT2D eigenvalue weighted by Gasteiger charge is -2.34. The average Bonchev–Trinajstić information content (AvgIpc) is 3.18. The molecule has 1 aliphatic rings. The summed E-state index contributed by atoms with van der Waals surface area (Å²) in [5.74, 6) is 0.388. The predicted molar refractivity (Wildman–Crippen MR) is 232 cm³/mol. The summed E-state index contributed by atoms with van der Waals surface area (Å²) in [7, 11) is 0. The van der Waals surface area contributed by atoms with E-state index in [0.717, 1.165) is 64.2 Å². The summed E-state index contributed by atoms with van der Waals surface area (Å²) >= 11 is 0. The van der Waals surface area contributed by atoms with E-state index in [1.54, 1.807) is 0 Å². The SMILES string of the molecule is CCCCCCCCC(CCCCCC)C(=O)OCCCCCCN1CCN(CCCCCCOC(=O)C(CCCCCC)CCCCCCCC)CC1. The van der Waals surface area contributed by atoms with Gasteiger partial charge in [0.05, 0.1) is 25.0 Å². The maximum Gasteiger partial charge on any atom is 0.308 e. The van der Waals surface area contributed by atoms with Gasteiger partial charge in [-0.1, -0.05) is 182 Å². The molecule has 0 aliphatic carbocycles. The Morgan fingerprint density at radius 2 is 0.630 bits per heavy atom. The van der Waals surface area contributed by atoms with Gasteiger partial charge in [0.1, 0.15) is 0 Å². The molecule has 54 heavy (non-hydrogen) atoms. The van der Waals surface area contributed by atoms with Crippen LogP contribution in [0.15, 0.2) is 0 Å². The Morgan fingerprint density at radius 1 is 0.370 bits per heavy atom. The molecule has 0 aromatic rings. The van der Waals surface area contributed by atoms with Crippen LogP contribution in [-0.4, -0.2) is 74.2 Å². The fourth-order valence-corrected chi connectivity index (χ4v) is 8.14. The van der Waals surface area contributed by atoms with Crippen LogP contribution in [0.1, 0.15) is 233 Å². The maximum atomic E-state index is 12.9. The van der Waals surface area contributed by atoms with Crippen LogP contribution >= 0.6 is 0 Å². The van der Waals surface area contributed by atoms with Gasteiger partial charge in [0.25, 0.3) is 0 Å². The van der Waals surface area contributed by atoms with Crippen LogP contribution in [-0.2, 0) is 19.1 Å². The lowest BCUT2D eigenvalue weighted by molar-refractivity contribution is -0.150. The van der Waals surface area contributed by atoms with E-state index in [-0.39, 0.29) is 23.8 Å². The molecule has 1 saturated heterocycles. The molecule has 1 rings (SSSR count). The van der Waals surface area contributed by atoms with Crippen LogP contribution in [0.25, 0.3) is 0 Å². The zero-order valence-electron chi connectivity index (χ0n) is 37.0. The summed E-state index contributed by atoms with van der Waals surface area (Å²) in [4.78, 5) is 31.1. The van der Waals surface area contributed by atoms with E-state index in [9.17, 15) is 9.59 Å². The van der Waals surface area contributed by atoms with E-state index in [4.69, 9.17) is 9.47 Å². The van der Waals surface area contributed by atoms with Crippen molar-refractivity contribution in [2.45, 2.75) is 233 Å². The molecule has 0 spiro atoms. The molecule has 0 N–H and O–H groups in total. The number of carbonyl (C=O) groups excluding carboxylic acids is 2. The molecule has 1 heterocycles. The second-order valence-corrected chi connectivity index (χ2v) is 17.1. The van der Waals surface area contributed by atoms with Crippen molar-refractivity contribution in [3.63, 3.8) is 0 Å². The van der Waals surface area contributed by atoms with Gasteiger partial charge in [0, 0.05) is 26.2 Å². The van der Waals surface area contributed by atoms with Gasteiger partial charge in [-0.3, -0.25) is 9.59 Å². The lowest BCUT2D eigenvalue weighted by Crippen LogP contribution is -2.46. The van der Waals surface area contributed by atoms with Crippen LogP contribution in [0.4, 0.5) is 0 Å². The third-order valence-electron chi connectivity index (χ3n) is 12.0. The van der Waals surface area contributed by atoms with E-state index in [0.29, 0.717) is 13.2 Å². The van der Waals surface area contributed by atoms with Crippen molar-refractivity contribution < 1.29 is 19.1 Å². The first-order chi connectivity index (χ1) is 26.5. The molecule has 0 aromatic carbocycles. The number of rotatable bonds is 40. The number of carbonyl (C=O) groups is 2. The largest absolute Gasteiger partial charge is 0.465 e. The summed E-state index contributed by atoms with van der Waals surface area (Å²) in [5, 5.41) is 0. The number of piperazine rings is 1. The Kier molecular flexibility index (Phi) is 36.5. The predicted octanol–water partition coefficient (Wildman–Crippen LogP) is 13.5. The third kappa shape index (κ3) is 30.1. The molecular weight excluding hydrogens is 669 g/mol. The van der Waals surface area contributed by atoms with Crippen molar-refractivity contribution >= 4 is 11.9 Å². The van der Waals surface area contributed by atoms with Gasteiger partial charge in [0.15, 0.2) is 0 Å². The van der Waals surface area contributed by atoms with E-state index in [2.05, 4.69) is 37.5 Å². The number of hydrogen-bond donors (Lipinski definition) is 0. The number of esters is 2. The molecule has 0 radical (unpaired) electrons. The van der Waals surface area contributed by atoms with Gasteiger partial charge in [0.2, 0.25) is 0 Å². The molecule has 0 bridgehead atoms. The van der Waals surface area contributed by atoms with Crippen molar-refractivity contribution in [3.8, 4) is 0 Å². The molecule has 1 fully saturated rings. The van der Waals surface area contributed by atoms with Crippen LogP contribution in [0.5, 0.6) is 0 Å². The van der Waals surface area contributed by atoms with E-state index in [1.165, 1.54) is 181 Å². The zero-order chi connectivity index (χ0) is 39.2. The standard InChI is InChI=1S/C48H94N2O4/c1-5-9-13-17-19-27-35-45(33-25-15-11-7-3)47(51)53-43-31-23-21-29-37-49-39-41-50(42-40-49)38-30-22-24-32-44-54-48(52)46(34-26-16-12-8-4)36-28-20-18-14-10-6-2/h45-46H,5-44H2,1-4H3. The first kappa shape index (κ1) is 50.9. The van der Waals surface area contributed by atoms with Crippen molar-refractivity contribution in [3.05, 3.63) is 0 Å².